The van der Waals surface area contributed by atoms with E-state index in [1.807, 2.05) is 0 Å². The molecule has 0 radical (unpaired) electrons. The number of nitrogens with one attached hydrogen (secondary N) is 2. The first-order chi connectivity index (χ1) is 11.5. The van der Waals surface area contributed by atoms with Gasteiger partial charge in [0.25, 0.3) is 5.91 Å². The minimum absolute atomic E-state index is 0.180. The molecular weight excluding hydrogens is 351 g/mol. The Labute approximate surface area is 147 Å². The monoisotopic (exact) mass is 362 g/mol. The van der Waals surface area contributed by atoms with Crippen LogP contribution in [0.5, 0.6) is 0 Å². The van der Waals surface area contributed by atoms with Crippen LogP contribution in [0.25, 0.3) is 0 Å². The summed E-state index contributed by atoms with van der Waals surface area (Å²) in [5.41, 5.74) is 4.59. The van der Waals surface area contributed by atoms with Crippen molar-refractivity contribution in [1.82, 2.24) is 10.4 Å². The van der Waals surface area contributed by atoms with Gasteiger partial charge < -0.3 is 5.32 Å². The maximum atomic E-state index is 12.1. The number of carbonyl (C=O) groups is 2. The minimum Gasteiger partial charge on any atom is -0.321 e. The van der Waals surface area contributed by atoms with E-state index >= 15 is 0 Å². The second kappa shape index (κ2) is 6.98. The molecule has 0 aliphatic carbocycles. The average Bonchev–Trinajstić information content (AvgIpc) is 2.56. The van der Waals surface area contributed by atoms with Gasteiger partial charge in [-0.05, 0) is 29.8 Å². The van der Waals surface area contributed by atoms with E-state index in [2.05, 4.69) is 20.8 Å². The highest BCUT2D eigenvalue weighted by molar-refractivity contribution is 6.36. The van der Waals surface area contributed by atoms with Gasteiger partial charge >= 0.3 is 0 Å². The number of amides is 2. The third kappa shape index (κ3) is 3.72. The van der Waals surface area contributed by atoms with Gasteiger partial charge in [-0.25, -0.2) is 10.4 Å². The zero-order valence-corrected chi connectivity index (χ0v) is 13.8. The molecule has 2 amide bonds. The van der Waals surface area contributed by atoms with Gasteiger partial charge in [0.05, 0.1) is 17.5 Å². The van der Waals surface area contributed by atoms with Crippen LogP contribution in [0.4, 0.5) is 5.69 Å². The normalized spacial score (nSPS) is 17.0. The standard InChI is InChI=1S/C16H12Cl2N4O2/c17-11-8-14(23)21-22-15(11)9-4-6-10(7-5-9)19-16(24)12-2-1-3-13(18)20-12/h1-7,11H,8H2,(H,19,24)(H,21,23). The fraction of sp³-hybridized carbons (Fsp3) is 0.125. The van der Waals surface area contributed by atoms with E-state index in [1.54, 1.807) is 42.5 Å². The molecule has 24 heavy (non-hydrogen) atoms. The molecule has 1 aliphatic rings. The lowest BCUT2D eigenvalue weighted by Crippen LogP contribution is -2.34. The molecule has 2 aromatic rings. The van der Waals surface area contributed by atoms with Gasteiger partial charge in [0.1, 0.15) is 10.8 Å². The highest BCUT2D eigenvalue weighted by atomic mass is 35.5. The maximum Gasteiger partial charge on any atom is 0.274 e. The van der Waals surface area contributed by atoms with Crippen LogP contribution >= 0.6 is 23.2 Å². The highest BCUT2D eigenvalue weighted by Gasteiger charge is 2.23. The molecule has 8 heteroatoms. The molecule has 0 saturated carbocycles. The van der Waals surface area contributed by atoms with Crippen molar-refractivity contribution in [3.8, 4) is 0 Å². The summed E-state index contributed by atoms with van der Waals surface area (Å²) in [4.78, 5) is 27.3. The van der Waals surface area contributed by atoms with Gasteiger partial charge in [-0.1, -0.05) is 29.8 Å². The van der Waals surface area contributed by atoms with Crippen molar-refractivity contribution >= 4 is 46.4 Å². The summed E-state index contributed by atoms with van der Waals surface area (Å²) in [6, 6.07) is 11.8. The van der Waals surface area contributed by atoms with Crippen molar-refractivity contribution in [2.75, 3.05) is 5.32 Å². The number of anilines is 1. The third-order valence-corrected chi connectivity index (χ3v) is 3.92. The number of carbonyl (C=O) groups excluding carboxylic acids is 2. The fourth-order valence-corrected chi connectivity index (χ4v) is 2.68. The molecule has 1 aliphatic heterocycles. The summed E-state index contributed by atoms with van der Waals surface area (Å²) >= 11 is 11.9. The quantitative estimate of drug-likeness (QED) is 0.650. The largest absolute Gasteiger partial charge is 0.321 e. The first kappa shape index (κ1) is 16.4. The number of benzene rings is 1. The van der Waals surface area contributed by atoms with Crippen LogP contribution in [-0.2, 0) is 4.79 Å². The number of hydrogen-bond acceptors (Lipinski definition) is 4. The summed E-state index contributed by atoms with van der Waals surface area (Å²) < 4.78 is 0. The van der Waals surface area contributed by atoms with Gasteiger partial charge in [-0.2, -0.15) is 5.10 Å². The average molecular weight is 363 g/mol. The van der Waals surface area contributed by atoms with Crippen LogP contribution in [0.2, 0.25) is 5.15 Å². The molecule has 0 spiro atoms. The predicted molar refractivity (Wildman–Crippen MR) is 92.6 cm³/mol. The maximum absolute atomic E-state index is 12.1. The zero-order valence-electron chi connectivity index (χ0n) is 12.3. The molecule has 1 aromatic carbocycles. The van der Waals surface area contributed by atoms with Gasteiger partial charge in [-0.3, -0.25) is 9.59 Å². The number of halogens is 2. The van der Waals surface area contributed by atoms with E-state index < -0.39 is 5.38 Å². The fourth-order valence-electron chi connectivity index (χ4n) is 2.20. The topological polar surface area (TPSA) is 83.5 Å². The second-order valence-electron chi connectivity index (χ2n) is 5.08. The van der Waals surface area contributed by atoms with Crippen molar-refractivity contribution in [1.29, 1.82) is 0 Å². The second-order valence-corrected chi connectivity index (χ2v) is 5.99. The Bertz CT molecular complexity index is 821. The molecule has 0 saturated heterocycles. The Kier molecular flexibility index (Phi) is 4.78. The van der Waals surface area contributed by atoms with E-state index in [1.165, 1.54) is 0 Å². The number of rotatable bonds is 3. The molecule has 6 nitrogen and oxygen atoms in total. The number of aromatic nitrogens is 1. The van der Waals surface area contributed by atoms with Crippen LogP contribution in [-0.4, -0.2) is 27.9 Å². The Morgan fingerprint density at radius 2 is 1.96 bits per heavy atom. The van der Waals surface area contributed by atoms with Crippen LogP contribution < -0.4 is 10.7 Å². The molecule has 122 valence electrons. The molecule has 2 N–H and O–H groups in total. The van der Waals surface area contributed by atoms with E-state index in [4.69, 9.17) is 23.2 Å². The van der Waals surface area contributed by atoms with Crippen LogP contribution in [0.15, 0.2) is 47.6 Å². The van der Waals surface area contributed by atoms with Crippen molar-refractivity contribution in [3.63, 3.8) is 0 Å². The van der Waals surface area contributed by atoms with Crippen molar-refractivity contribution in [3.05, 3.63) is 58.9 Å². The Morgan fingerprint density at radius 1 is 1.21 bits per heavy atom. The van der Waals surface area contributed by atoms with Crippen molar-refractivity contribution < 1.29 is 9.59 Å². The number of pyridine rings is 1. The number of nitrogens with zero attached hydrogens (tertiary/aromatic N) is 2. The first-order valence-electron chi connectivity index (χ1n) is 7.08. The van der Waals surface area contributed by atoms with Crippen LogP contribution in [0.1, 0.15) is 22.5 Å². The number of alkyl halides is 1. The molecule has 0 fully saturated rings. The molecular formula is C16H12Cl2N4O2. The minimum atomic E-state index is -0.477. The summed E-state index contributed by atoms with van der Waals surface area (Å²) in [7, 11) is 0. The lowest BCUT2D eigenvalue weighted by molar-refractivity contribution is -0.121. The van der Waals surface area contributed by atoms with Gasteiger partial charge in [-0.15, -0.1) is 11.6 Å². The van der Waals surface area contributed by atoms with Gasteiger partial charge in [0, 0.05) is 5.69 Å². The molecule has 0 bridgehead atoms. The number of hydrogen-bond donors (Lipinski definition) is 2. The van der Waals surface area contributed by atoms with E-state index in [9.17, 15) is 9.59 Å². The smallest absolute Gasteiger partial charge is 0.274 e. The molecule has 3 rings (SSSR count). The van der Waals surface area contributed by atoms with Crippen LogP contribution in [0, 0.1) is 0 Å². The van der Waals surface area contributed by atoms with E-state index in [0.717, 1.165) is 5.56 Å². The summed E-state index contributed by atoms with van der Waals surface area (Å²) in [6.07, 6.45) is 0.180. The third-order valence-electron chi connectivity index (χ3n) is 3.35. The molecule has 2 heterocycles. The highest BCUT2D eigenvalue weighted by Crippen LogP contribution is 2.18. The lowest BCUT2D eigenvalue weighted by atomic mass is 10.0. The van der Waals surface area contributed by atoms with Crippen LogP contribution in [0.3, 0.4) is 0 Å². The van der Waals surface area contributed by atoms with Crippen molar-refractivity contribution in [2.24, 2.45) is 5.10 Å². The summed E-state index contributed by atoms with van der Waals surface area (Å²) in [5, 5.41) is 6.49. The van der Waals surface area contributed by atoms with E-state index in [0.29, 0.717) is 11.4 Å². The molecule has 1 atom stereocenters. The molecule has 1 unspecified atom stereocenters. The van der Waals surface area contributed by atoms with Crippen molar-refractivity contribution in [2.45, 2.75) is 11.8 Å². The summed E-state index contributed by atoms with van der Waals surface area (Å²) in [6.45, 7) is 0. The Hall–Kier alpha value is -2.44. The van der Waals surface area contributed by atoms with E-state index in [-0.39, 0.29) is 29.1 Å². The predicted octanol–water partition coefficient (Wildman–Crippen LogP) is 2.82. The summed E-state index contributed by atoms with van der Waals surface area (Å²) in [5.74, 6) is -0.570. The number of hydrazone groups is 1. The SMILES string of the molecule is O=C1CC(Cl)C(c2ccc(NC(=O)c3cccc(Cl)n3)cc2)=NN1. The Morgan fingerprint density at radius 3 is 2.62 bits per heavy atom. The van der Waals surface area contributed by atoms with Gasteiger partial charge in [0.2, 0.25) is 5.91 Å². The molecule has 1 aromatic heterocycles. The lowest BCUT2D eigenvalue weighted by Gasteiger charge is -2.17. The Balaban J connectivity index is 1.73. The zero-order chi connectivity index (χ0) is 17.1. The first-order valence-corrected chi connectivity index (χ1v) is 7.89. The van der Waals surface area contributed by atoms with Gasteiger partial charge in [0.15, 0.2) is 0 Å².